The molecular weight excluding hydrogens is 443 g/mol. The van der Waals surface area contributed by atoms with Crippen LogP contribution in [0.25, 0.3) is 0 Å². The first kappa shape index (κ1) is 23.4. The monoisotopic (exact) mass is 482 g/mol. The van der Waals surface area contributed by atoms with Crippen LogP contribution in [0.3, 0.4) is 0 Å². The highest BCUT2D eigenvalue weighted by molar-refractivity contribution is 8.17. The van der Waals surface area contributed by atoms with Gasteiger partial charge in [-0.3, -0.25) is 0 Å². The van der Waals surface area contributed by atoms with Gasteiger partial charge in [0.05, 0.1) is 5.31 Å². The minimum absolute atomic E-state index is 0.273. The zero-order chi connectivity index (χ0) is 22.5. The molecule has 5 atom stereocenters. The van der Waals surface area contributed by atoms with Crippen LogP contribution in [0.2, 0.25) is 0 Å². The Morgan fingerprint density at radius 1 is 0.606 bits per heavy atom. The van der Waals surface area contributed by atoms with Gasteiger partial charge in [0, 0.05) is 17.4 Å². The first-order valence-electron chi connectivity index (χ1n) is 13.3. The predicted molar refractivity (Wildman–Crippen MR) is 143 cm³/mol. The van der Waals surface area contributed by atoms with Gasteiger partial charge in [-0.15, -0.1) is 0 Å². The standard InChI is InChI=1S/C29H39O2PS/c33-32-27-21-15-8-4-7-11-17-23(27)30-25-19-13-5-2-1-3-6-14-20-26(29(25)32)31-24-18-12-9-10-16-22-28(24)32/h1-3,5-6,13-14,19-20,23-24,27-28H,4,7-12,15-18,21-22H2/b2-1?,3-1-,5-2-,6-3?,13-5?,14-6-,19-13-,20-14?,25-19?,26-20+. The van der Waals surface area contributed by atoms with Crippen molar-refractivity contribution in [3.63, 3.8) is 0 Å². The van der Waals surface area contributed by atoms with E-state index in [4.69, 9.17) is 21.3 Å². The lowest BCUT2D eigenvalue weighted by Crippen LogP contribution is -2.44. The molecule has 178 valence electrons. The maximum absolute atomic E-state index is 7.04. The molecule has 3 aliphatic carbocycles. The van der Waals surface area contributed by atoms with E-state index in [0.29, 0.717) is 11.3 Å². The molecule has 5 rings (SSSR count). The number of hydrogen-bond donors (Lipinski definition) is 0. The molecule has 0 spiro atoms. The zero-order valence-corrected chi connectivity index (χ0v) is 21.6. The Kier molecular flexibility index (Phi) is 7.78. The third kappa shape index (κ3) is 4.92. The fraction of sp³-hybridized carbons (Fsp3) is 0.586. The van der Waals surface area contributed by atoms with E-state index in [-0.39, 0.29) is 12.2 Å². The Bertz CT molecular complexity index is 937. The van der Waals surface area contributed by atoms with Crippen LogP contribution in [0.5, 0.6) is 0 Å². The molecule has 1 saturated heterocycles. The molecule has 2 saturated carbocycles. The van der Waals surface area contributed by atoms with Gasteiger partial charge in [0.2, 0.25) is 0 Å². The van der Waals surface area contributed by atoms with Gasteiger partial charge in [-0.2, -0.15) is 0 Å². The number of fused-ring (bicyclic) bond motifs is 4. The van der Waals surface area contributed by atoms with Crippen LogP contribution in [0.15, 0.2) is 71.5 Å². The maximum Gasteiger partial charge on any atom is 0.131 e. The molecule has 33 heavy (non-hydrogen) atoms. The summed E-state index contributed by atoms with van der Waals surface area (Å²) in [5.41, 5.74) is 1.01. The van der Waals surface area contributed by atoms with E-state index < -0.39 is 6.04 Å². The van der Waals surface area contributed by atoms with Crippen molar-refractivity contribution in [2.24, 2.45) is 0 Å². The summed E-state index contributed by atoms with van der Waals surface area (Å²) in [5, 5.41) is 1.28. The summed E-state index contributed by atoms with van der Waals surface area (Å²) in [6.07, 6.45) is 36.1. The van der Waals surface area contributed by atoms with Crippen molar-refractivity contribution in [2.75, 3.05) is 0 Å². The van der Waals surface area contributed by atoms with Gasteiger partial charge in [0.25, 0.3) is 0 Å². The molecular formula is C29H39O2PS. The molecule has 0 N–H and O–H groups in total. The van der Waals surface area contributed by atoms with E-state index in [1.807, 2.05) is 0 Å². The van der Waals surface area contributed by atoms with E-state index >= 15 is 0 Å². The molecule has 0 radical (unpaired) electrons. The summed E-state index contributed by atoms with van der Waals surface area (Å²) in [5.74, 6) is 2.01. The van der Waals surface area contributed by atoms with Crippen LogP contribution >= 0.6 is 6.04 Å². The largest absolute Gasteiger partial charge is 0.489 e. The van der Waals surface area contributed by atoms with E-state index in [2.05, 4.69) is 54.7 Å². The average Bonchev–Trinajstić information content (AvgIpc) is 2.90. The lowest BCUT2D eigenvalue weighted by molar-refractivity contribution is 0.0729. The fourth-order valence-electron chi connectivity index (χ4n) is 6.52. The molecule has 2 nitrogen and oxygen atoms in total. The van der Waals surface area contributed by atoms with Crippen molar-refractivity contribution in [1.82, 2.24) is 0 Å². The minimum atomic E-state index is -1.91. The summed E-state index contributed by atoms with van der Waals surface area (Å²) in [6, 6.07) is -1.91. The number of allylic oxidation sites excluding steroid dienone is 10. The Morgan fingerprint density at radius 3 is 1.79 bits per heavy atom. The molecule has 5 aliphatic rings. The number of hydrogen-bond acceptors (Lipinski definition) is 3. The van der Waals surface area contributed by atoms with Gasteiger partial charge in [0.15, 0.2) is 0 Å². The summed E-state index contributed by atoms with van der Waals surface area (Å²) >= 11 is 7.04. The predicted octanol–water partition coefficient (Wildman–Crippen LogP) is 8.43. The summed E-state index contributed by atoms with van der Waals surface area (Å²) in [6.45, 7) is 0. The lowest BCUT2D eigenvalue weighted by Gasteiger charge is -2.53. The van der Waals surface area contributed by atoms with Gasteiger partial charge in [-0.05, 0) is 50.7 Å². The number of ether oxygens (including phenoxy) is 2. The molecule has 0 aromatic heterocycles. The summed E-state index contributed by atoms with van der Waals surface area (Å²) in [4.78, 5) is 0. The second-order valence-corrected chi connectivity index (χ2v) is 15.3. The first-order valence-corrected chi connectivity index (χ1v) is 16.3. The van der Waals surface area contributed by atoms with Crippen molar-refractivity contribution < 1.29 is 9.47 Å². The SMILES string of the molecule is S=P12C3=C(\C=C/C=C\C=C/C=C\C=C3\OC3CCCCCCC31)OC1CCCCCCCC12. The first-order chi connectivity index (χ1) is 16.3. The van der Waals surface area contributed by atoms with Crippen molar-refractivity contribution in [1.29, 1.82) is 0 Å². The highest BCUT2D eigenvalue weighted by atomic mass is 32.4. The molecule has 2 heterocycles. The molecule has 0 aromatic carbocycles. The lowest BCUT2D eigenvalue weighted by atomic mass is 9.97. The van der Waals surface area contributed by atoms with Crippen LogP contribution in [0.1, 0.15) is 83.5 Å². The Labute approximate surface area is 205 Å². The Morgan fingerprint density at radius 2 is 1.12 bits per heavy atom. The van der Waals surface area contributed by atoms with Crippen molar-refractivity contribution in [3.8, 4) is 0 Å². The molecule has 5 unspecified atom stereocenters. The van der Waals surface area contributed by atoms with Gasteiger partial charge in [-0.1, -0.05) is 99.3 Å². The molecule has 3 fully saturated rings. The Balaban J connectivity index is 1.68. The van der Waals surface area contributed by atoms with E-state index in [1.165, 1.54) is 75.9 Å². The van der Waals surface area contributed by atoms with Gasteiger partial charge >= 0.3 is 0 Å². The third-order valence-corrected chi connectivity index (χ3v) is 14.6. The van der Waals surface area contributed by atoms with Crippen molar-refractivity contribution in [2.45, 2.75) is 107 Å². The fourth-order valence-corrected chi connectivity index (χ4v) is 13.1. The summed E-state index contributed by atoms with van der Waals surface area (Å²) in [7, 11) is 0. The van der Waals surface area contributed by atoms with Gasteiger partial charge in [-0.25, -0.2) is 0 Å². The third-order valence-electron chi connectivity index (χ3n) is 8.11. The molecule has 4 heteroatoms. The van der Waals surface area contributed by atoms with E-state index in [0.717, 1.165) is 24.4 Å². The molecule has 0 amide bonds. The van der Waals surface area contributed by atoms with Gasteiger partial charge < -0.3 is 9.47 Å². The number of rotatable bonds is 0. The quantitative estimate of drug-likeness (QED) is 0.323. The molecule has 0 bridgehead atoms. The van der Waals surface area contributed by atoms with E-state index in [9.17, 15) is 0 Å². The van der Waals surface area contributed by atoms with Gasteiger partial charge in [0.1, 0.15) is 23.7 Å². The van der Waals surface area contributed by atoms with Crippen molar-refractivity contribution in [3.05, 3.63) is 71.5 Å². The van der Waals surface area contributed by atoms with Crippen LogP contribution in [-0.4, -0.2) is 23.5 Å². The summed E-state index contributed by atoms with van der Waals surface area (Å²) < 4.78 is 13.7. The van der Waals surface area contributed by atoms with Crippen LogP contribution in [0, 0.1) is 0 Å². The molecule has 0 aromatic rings. The minimum Gasteiger partial charge on any atom is -0.489 e. The van der Waals surface area contributed by atoms with E-state index in [1.54, 1.807) is 0 Å². The van der Waals surface area contributed by atoms with Crippen LogP contribution in [0.4, 0.5) is 0 Å². The zero-order valence-electron chi connectivity index (χ0n) is 19.9. The highest BCUT2D eigenvalue weighted by Crippen LogP contribution is 2.74. The Hall–Kier alpha value is -1.31. The second-order valence-electron chi connectivity index (χ2n) is 10.3. The van der Waals surface area contributed by atoms with Crippen molar-refractivity contribution >= 4 is 17.8 Å². The second kappa shape index (κ2) is 11.0. The average molecular weight is 483 g/mol. The topological polar surface area (TPSA) is 18.5 Å². The normalized spacial score (nSPS) is 42.5. The smallest absolute Gasteiger partial charge is 0.131 e. The molecule has 2 aliphatic heterocycles. The highest BCUT2D eigenvalue weighted by Gasteiger charge is 2.54. The maximum atomic E-state index is 7.04. The van der Waals surface area contributed by atoms with Crippen LogP contribution in [-0.2, 0) is 21.3 Å². The van der Waals surface area contributed by atoms with Crippen LogP contribution < -0.4 is 0 Å².